The maximum absolute atomic E-state index is 12.9. The number of nitrogens with one attached hydrogen (secondary N) is 2. The van der Waals surface area contributed by atoms with Gasteiger partial charge in [0, 0.05) is 25.9 Å². The van der Waals surface area contributed by atoms with Crippen molar-refractivity contribution < 1.29 is 35.5 Å². The Kier molecular flexibility index (Phi) is 5.56. The average Bonchev–Trinajstić information content (AvgIpc) is 3.03. The molecule has 1 amide bonds. The van der Waals surface area contributed by atoms with E-state index in [9.17, 15) is 26.4 Å². The first-order valence-corrected chi connectivity index (χ1v) is 9.69. The predicted molar refractivity (Wildman–Crippen MR) is 94.7 cm³/mol. The van der Waals surface area contributed by atoms with E-state index in [1.807, 2.05) is 4.72 Å². The average molecular weight is 434 g/mol. The minimum Gasteiger partial charge on any atom is -0.431 e. The number of aryl methyl sites for hydroxylation is 1. The Balaban J connectivity index is 1.69. The predicted octanol–water partition coefficient (Wildman–Crippen LogP) is 2.05. The van der Waals surface area contributed by atoms with Gasteiger partial charge in [0.25, 0.3) is 11.9 Å². The summed E-state index contributed by atoms with van der Waals surface area (Å²) in [5, 5.41) is 2.55. The minimum absolute atomic E-state index is 0.0763. The molecule has 1 aromatic carbocycles. The number of oxazole rings is 1. The van der Waals surface area contributed by atoms with Crippen LogP contribution in [0.25, 0.3) is 0 Å². The van der Waals surface area contributed by atoms with E-state index < -0.39 is 27.9 Å². The number of nitrogens with zero attached hydrogens (tertiary/aromatic N) is 2. The van der Waals surface area contributed by atoms with Gasteiger partial charge in [-0.2, -0.15) is 30.9 Å². The molecule has 9 nitrogen and oxygen atoms in total. The van der Waals surface area contributed by atoms with Gasteiger partial charge in [0.15, 0.2) is 5.69 Å². The van der Waals surface area contributed by atoms with Crippen molar-refractivity contribution in [3.8, 4) is 0 Å². The van der Waals surface area contributed by atoms with Gasteiger partial charge in [-0.1, -0.05) is 6.07 Å². The number of hydrogen-bond acceptors (Lipinski definition) is 7. The first-order valence-electron chi connectivity index (χ1n) is 8.25. The van der Waals surface area contributed by atoms with Crippen molar-refractivity contribution in [3.05, 3.63) is 41.3 Å². The zero-order chi connectivity index (χ0) is 21.4. The van der Waals surface area contributed by atoms with Crippen molar-refractivity contribution in [2.75, 3.05) is 25.5 Å². The second-order valence-electron chi connectivity index (χ2n) is 6.30. The Morgan fingerprint density at radius 1 is 1.34 bits per heavy atom. The van der Waals surface area contributed by atoms with Crippen LogP contribution in [0.15, 0.2) is 28.9 Å². The summed E-state index contributed by atoms with van der Waals surface area (Å²) in [6.45, 7) is 1.80. The molecule has 1 aliphatic heterocycles. The summed E-state index contributed by atoms with van der Waals surface area (Å²) >= 11 is 0. The Morgan fingerprint density at radius 2 is 2.03 bits per heavy atom. The fourth-order valence-electron chi connectivity index (χ4n) is 2.46. The summed E-state index contributed by atoms with van der Waals surface area (Å²) in [5.74, 6) is -1.04. The first kappa shape index (κ1) is 21.1. The molecule has 0 aliphatic carbocycles. The smallest absolute Gasteiger partial charge is 0.416 e. The highest BCUT2D eigenvalue weighted by molar-refractivity contribution is 7.87. The van der Waals surface area contributed by atoms with Gasteiger partial charge in [-0.15, -0.1) is 0 Å². The Morgan fingerprint density at radius 3 is 2.66 bits per heavy atom. The van der Waals surface area contributed by atoms with E-state index in [1.54, 1.807) is 6.92 Å². The lowest BCUT2D eigenvalue weighted by molar-refractivity contribution is -0.137. The number of benzene rings is 1. The molecule has 29 heavy (non-hydrogen) atoms. The van der Waals surface area contributed by atoms with Gasteiger partial charge in [0.1, 0.15) is 6.26 Å². The molecule has 13 heteroatoms. The Bertz CT molecular complexity index is 1020. The van der Waals surface area contributed by atoms with E-state index in [0.29, 0.717) is 5.56 Å². The number of hydrogen-bond donors (Lipinski definition) is 2. The number of alkyl halides is 3. The van der Waals surface area contributed by atoms with Gasteiger partial charge >= 0.3 is 16.4 Å². The van der Waals surface area contributed by atoms with Crippen molar-refractivity contribution in [2.24, 2.45) is 0 Å². The van der Waals surface area contributed by atoms with Crippen molar-refractivity contribution in [1.82, 2.24) is 14.0 Å². The Hall–Kier alpha value is -2.64. The van der Waals surface area contributed by atoms with E-state index in [1.165, 1.54) is 13.2 Å². The van der Waals surface area contributed by atoms with E-state index in [2.05, 4.69) is 10.3 Å². The van der Waals surface area contributed by atoms with Crippen molar-refractivity contribution in [3.63, 3.8) is 0 Å². The molecule has 0 unspecified atom stereocenters. The zero-order valence-electron chi connectivity index (χ0n) is 15.3. The molecule has 0 spiro atoms. The normalized spacial score (nSPS) is 15.8. The van der Waals surface area contributed by atoms with Gasteiger partial charge in [0.2, 0.25) is 0 Å². The van der Waals surface area contributed by atoms with Crippen LogP contribution in [-0.2, 0) is 21.1 Å². The van der Waals surface area contributed by atoms with Gasteiger partial charge < -0.3 is 14.5 Å². The highest BCUT2D eigenvalue weighted by atomic mass is 32.2. The summed E-state index contributed by atoms with van der Waals surface area (Å²) in [4.78, 5) is 15.9. The van der Waals surface area contributed by atoms with Crippen molar-refractivity contribution >= 4 is 27.8 Å². The fraction of sp³-hybridized carbons (Fsp3) is 0.375. The molecular weight excluding hydrogens is 417 g/mol. The number of aromatic nitrogens is 1. The summed E-state index contributed by atoms with van der Waals surface area (Å²) in [6, 6.07) is 2.82. The molecule has 1 aliphatic rings. The number of rotatable bonds is 6. The van der Waals surface area contributed by atoms with Crippen LogP contribution in [0.2, 0.25) is 0 Å². The lowest BCUT2D eigenvalue weighted by Crippen LogP contribution is -2.58. The largest absolute Gasteiger partial charge is 0.431 e. The molecule has 158 valence electrons. The summed E-state index contributed by atoms with van der Waals surface area (Å²) in [7, 11) is -2.62. The summed E-state index contributed by atoms with van der Waals surface area (Å²) in [5.41, 5.74) is -0.669. The lowest BCUT2D eigenvalue weighted by atomic mass is 10.1. The first-order chi connectivity index (χ1) is 13.5. The fourth-order valence-corrected chi connectivity index (χ4v) is 3.66. The van der Waals surface area contributed by atoms with Crippen LogP contribution < -0.4 is 10.0 Å². The summed E-state index contributed by atoms with van der Waals surface area (Å²) in [6.07, 6.45) is -3.87. The molecule has 3 rings (SSSR count). The molecule has 1 aromatic heterocycles. The molecule has 0 atom stereocenters. The second kappa shape index (κ2) is 7.65. The molecular formula is C16H17F3N4O5S. The van der Waals surface area contributed by atoms with Crippen LogP contribution in [0.4, 0.5) is 24.9 Å². The maximum atomic E-state index is 12.9. The monoisotopic (exact) mass is 434 g/mol. The number of amides is 1. The number of anilines is 2. The third-order valence-electron chi connectivity index (χ3n) is 4.25. The molecule has 0 saturated carbocycles. The molecule has 0 bridgehead atoms. The number of halogens is 3. The number of ether oxygens (including phenoxy) is 1. The Labute approximate surface area is 164 Å². The molecule has 0 radical (unpaired) electrons. The number of carbonyl (C=O) groups is 1. The van der Waals surface area contributed by atoms with Crippen molar-refractivity contribution in [2.45, 2.75) is 19.2 Å². The van der Waals surface area contributed by atoms with Crippen LogP contribution in [0.3, 0.4) is 0 Å². The van der Waals surface area contributed by atoms with Gasteiger partial charge in [-0.3, -0.25) is 4.79 Å². The lowest BCUT2D eigenvalue weighted by Gasteiger charge is -2.36. The number of methoxy groups -OCH3 is 1. The van der Waals surface area contributed by atoms with Crippen LogP contribution in [0.1, 0.15) is 21.6 Å². The molecule has 2 N–H and O–H groups in total. The SMILES string of the molecule is COC1CN(S(=O)(=O)NC(=O)c2coc(Nc3cc(C(F)(F)F)ccc3C)n2)C1. The standard InChI is InChI=1S/C16H17F3N4O5S/c1-9-3-4-10(16(17,18)19)5-12(9)20-15-21-13(8-28-15)14(24)22-29(25,26)23-6-11(7-23)27-2/h3-5,8,11H,6-7H2,1-2H3,(H,20,21)(H,22,24). The highest BCUT2D eigenvalue weighted by Gasteiger charge is 2.37. The van der Waals surface area contributed by atoms with E-state index in [4.69, 9.17) is 9.15 Å². The van der Waals surface area contributed by atoms with Gasteiger partial charge in [0.05, 0.1) is 11.7 Å². The second-order valence-corrected chi connectivity index (χ2v) is 7.97. The molecule has 2 aromatic rings. The topological polar surface area (TPSA) is 114 Å². The van der Waals surface area contributed by atoms with Crippen LogP contribution in [-0.4, -0.2) is 49.9 Å². The highest BCUT2D eigenvalue weighted by Crippen LogP contribution is 2.33. The third-order valence-corrected chi connectivity index (χ3v) is 5.67. The number of carbonyl (C=O) groups excluding carboxylic acids is 1. The van der Waals surface area contributed by atoms with E-state index >= 15 is 0 Å². The molecule has 2 heterocycles. The van der Waals surface area contributed by atoms with E-state index in [-0.39, 0.29) is 36.6 Å². The van der Waals surface area contributed by atoms with Crippen molar-refractivity contribution in [1.29, 1.82) is 0 Å². The zero-order valence-corrected chi connectivity index (χ0v) is 16.1. The van der Waals surface area contributed by atoms with Gasteiger partial charge in [-0.25, -0.2) is 4.72 Å². The maximum Gasteiger partial charge on any atom is 0.416 e. The molecule has 1 saturated heterocycles. The van der Waals surface area contributed by atoms with E-state index in [0.717, 1.165) is 22.7 Å². The van der Waals surface area contributed by atoms with Crippen LogP contribution >= 0.6 is 0 Å². The minimum atomic E-state index is -4.53. The third kappa shape index (κ3) is 4.68. The quantitative estimate of drug-likeness (QED) is 0.715. The molecule has 1 fully saturated rings. The van der Waals surface area contributed by atoms with Crippen LogP contribution in [0.5, 0.6) is 0 Å². The summed E-state index contributed by atoms with van der Waals surface area (Å²) < 4.78 is 75.6. The van der Waals surface area contributed by atoms with Crippen LogP contribution in [0, 0.1) is 6.92 Å². The van der Waals surface area contributed by atoms with Gasteiger partial charge in [-0.05, 0) is 24.6 Å².